The number of hydrogen-bond donors (Lipinski definition) is 0. The van der Waals surface area contributed by atoms with Gasteiger partial charge in [0.25, 0.3) is 0 Å². The van der Waals surface area contributed by atoms with Gasteiger partial charge in [0, 0.05) is 17.2 Å². The molecule has 0 atom stereocenters. The number of carbonyl (C=O) groups excluding carboxylic acids is 4. The minimum atomic E-state index is -2.46. The first-order valence-electron chi connectivity index (χ1n) is 10.3. The molecule has 2 aromatic carbocycles. The zero-order valence-corrected chi connectivity index (χ0v) is 21.2. The zero-order valence-electron chi connectivity index (χ0n) is 20.3. The molecule has 0 spiro atoms. The Labute approximate surface area is 195 Å². The summed E-state index contributed by atoms with van der Waals surface area (Å²) in [5.74, 6) is -1.77. The standard InChI is InChI=1S/C26H29O6P/c1-14-9-16(3)22(17(4)10-14)25(29)33(20(24(28)32-8)13-21(27)31-7)26(30)23-18(5)11-15(2)12-19(23)6/h9-13H,1-8H3/b20-13-. The molecule has 2 aromatic rings. The topological polar surface area (TPSA) is 86.7 Å². The summed E-state index contributed by atoms with van der Waals surface area (Å²) in [6.45, 7) is 11.0. The van der Waals surface area contributed by atoms with Crippen LogP contribution in [0, 0.1) is 41.5 Å². The number of hydrogen-bond acceptors (Lipinski definition) is 6. The molecule has 0 aliphatic carbocycles. The quantitative estimate of drug-likeness (QED) is 0.314. The van der Waals surface area contributed by atoms with Crippen LogP contribution < -0.4 is 0 Å². The molecule has 7 heteroatoms. The fourth-order valence-corrected chi connectivity index (χ4v) is 6.34. The third-order valence-corrected chi connectivity index (χ3v) is 7.33. The van der Waals surface area contributed by atoms with Gasteiger partial charge in [-0.3, -0.25) is 9.59 Å². The number of aryl methyl sites for hydroxylation is 6. The van der Waals surface area contributed by atoms with Crippen LogP contribution in [0.5, 0.6) is 0 Å². The molecule has 0 saturated heterocycles. The van der Waals surface area contributed by atoms with Gasteiger partial charge in [0.2, 0.25) is 0 Å². The molecule has 0 saturated carbocycles. The molecule has 0 fully saturated rings. The van der Waals surface area contributed by atoms with Gasteiger partial charge in [-0.1, -0.05) is 35.4 Å². The van der Waals surface area contributed by atoms with E-state index >= 15 is 0 Å². The lowest BCUT2D eigenvalue weighted by Gasteiger charge is -2.21. The predicted molar refractivity (Wildman–Crippen MR) is 129 cm³/mol. The first kappa shape index (κ1) is 26.1. The molecule has 0 radical (unpaired) electrons. The van der Waals surface area contributed by atoms with E-state index < -0.39 is 30.9 Å². The maximum Gasteiger partial charge on any atom is 0.339 e. The predicted octanol–water partition coefficient (Wildman–Crippen LogP) is 5.23. The van der Waals surface area contributed by atoms with E-state index in [0.717, 1.165) is 31.4 Å². The number of rotatable bonds is 7. The van der Waals surface area contributed by atoms with Crippen LogP contribution in [0.25, 0.3) is 0 Å². The van der Waals surface area contributed by atoms with Crippen molar-refractivity contribution in [3.63, 3.8) is 0 Å². The molecule has 174 valence electrons. The maximum absolute atomic E-state index is 13.9. The van der Waals surface area contributed by atoms with Gasteiger partial charge in [-0.05, 0) is 63.8 Å². The summed E-state index contributed by atoms with van der Waals surface area (Å²) in [5.41, 5.74) is 4.42. The van der Waals surface area contributed by atoms with Gasteiger partial charge in [0.15, 0.2) is 11.0 Å². The summed E-state index contributed by atoms with van der Waals surface area (Å²) in [7, 11) is -0.164. The van der Waals surface area contributed by atoms with Crippen molar-refractivity contribution in [1.82, 2.24) is 0 Å². The molecule has 33 heavy (non-hydrogen) atoms. The van der Waals surface area contributed by atoms with Crippen molar-refractivity contribution in [2.75, 3.05) is 14.2 Å². The van der Waals surface area contributed by atoms with E-state index in [1.54, 1.807) is 27.7 Å². The van der Waals surface area contributed by atoms with Crippen LogP contribution in [-0.2, 0) is 19.1 Å². The molecule has 0 aromatic heterocycles. The normalized spacial score (nSPS) is 11.4. The second kappa shape index (κ2) is 10.7. The van der Waals surface area contributed by atoms with E-state index in [9.17, 15) is 19.2 Å². The Hall–Kier alpha value is -3.11. The van der Waals surface area contributed by atoms with Gasteiger partial charge >= 0.3 is 11.9 Å². The van der Waals surface area contributed by atoms with Gasteiger partial charge in [0.05, 0.1) is 27.5 Å². The Kier molecular flexibility index (Phi) is 8.45. The van der Waals surface area contributed by atoms with Crippen LogP contribution in [0.4, 0.5) is 0 Å². The van der Waals surface area contributed by atoms with Crippen molar-refractivity contribution in [1.29, 1.82) is 0 Å². The Morgan fingerprint density at radius 3 is 1.33 bits per heavy atom. The van der Waals surface area contributed by atoms with Crippen LogP contribution in [-0.4, -0.2) is 37.2 Å². The van der Waals surface area contributed by atoms with E-state index in [4.69, 9.17) is 4.74 Å². The smallest absolute Gasteiger partial charge is 0.339 e. The zero-order chi connectivity index (χ0) is 25.0. The van der Waals surface area contributed by atoms with E-state index in [1.807, 2.05) is 38.1 Å². The molecular weight excluding hydrogens is 439 g/mol. The Morgan fingerprint density at radius 2 is 1.03 bits per heavy atom. The van der Waals surface area contributed by atoms with Crippen molar-refractivity contribution in [2.45, 2.75) is 41.5 Å². The van der Waals surface area contributed by atoms with E-state index in [1.165, 1.54) is 0 Å². The monoisotopic (exact) mass is 468 g/mol. The van der Waals surface area contributed by atoms with Crippen molar-refractivity contribution in [2.24, 2.45) is 0 Å². The van der Waals surface area contributed by atoms with E-state index in [2.05, 4.69) is 4.74 Å². The molecular formula is C26H29O6P. The molecule has 0 heterocycles. The third-order valence-electron chi connectivity index (χ3n) is 5.28. The summed E-state index contributed by atoms with van der Waals surface area (Å²) < 4.78 is 9.55. The second-order valence-corrected chi connectivity index (χ2v) is 10.0. The van der Waals surface area contributed by atoms with Crippen LogP contribution in [0.3, 0.4) is 0 Å². The maximum atomic E-state index is 13.9. The molecule has 0 aliphatic rings. The highest BCUT2D eigenvalue weighted by Gasteiger charge is 2.39. The fourth-order valence-electron chi connectivity index (χ4n) is 4.06. The minimum absolute atomic E-state index is 0.298. The van der Waals surface area contributed by atoms with Gasteiger partial charge in [0.1, 0.15) is 0 Å². The molecule has 0 amide bonds. The molecule has 0 unspecified atom stereocenters. The molecule has 0 aliphatic heterocycles. The lowest BCUT2D eigenvalue weighted by atomic mass is 10.0. The first-order chi connectivity index (χ1) is 15.4. The van der Waals surface area contributed by atoms with E-state index in [0.29, 0.717) is 33.4 Å². The Morgan fingerprint density at radius 1 is 0.667 bits per heavy atom. The SMILES string of the molecule is COC(=O)/C=C(/C(=O)OC)P(C(=O)c1c(C)cc(C)cc1C)C(=O)c1c(C)cc(C)cc1C. The van der Waals surface area contributed by atoms with E-state index in [-0.39, 0.29) is 5.31 Å². The van der Waals surface area contributed by atoms with Gasteiger partial charge < -0.3 is 9.47 Å². The summed E-state index contributed by atoms with van der Waals surface area (Å²) >= 11 is 0. The average molecular weight is 468 g/mol. The highest BCUT2D eigenvalue weighted by molar-refractivity contribution is 7.94. The summed E-state index contributed by atoms with van der Waals surface area (Å²) in [6.07, 6.45) is 0.894. The summed E-state index contributed by atoms with van der Waals surface area (Å²) in [5, 5.41) is -0.298. The average Bonchev–Trinajstić information content (AvgIpc) is 2.70. The largest absolute Gasteiger partial charge is 0.466 e. The molecule has 0 N–H and O–H groups in total. The first-order valence-corrected chi connectivity index (χ1v) is 11.7. The molecule has 6 nitrogen and oxygen atoms in total. The highest BCUT2D eigenvalue weighted by atomic mass is 31.1. The number of esters is 2. The summed E-state index contributed by atoms with van der Waals surface area (Å²) in [4.78, 5) is 52.7. The number of ether oxygens (including phenoxy) is 2. The van der Waals surface area contributed by atoms with Crippen LogP contribution in [0.2, 0.25) is 0 Å². The Balaban J connectivity index is 2.86. The lowest BCUT2D eigenvalue weighted by Crippen LogP contribution is -2.18. The lowest BCUT2D eigenvalue weighted by molar-refractivity contribution is -0.137. The van der Waals surface area contributed by atoms with Crippen LogP contribution in [0.15, 0.2) is 35.7 Å². The van der Waals surface area contributed by atoms with Gasteiger partial charge in [-0.2, -0.15) is 0 Å². The molecule has 2 rings (SSSR count). The van der Waals surface area contributed by atoms with Crippen LogP contribution >= 0.6 is 7.92 Å². The Bertz CT molecular complexity index is 1060. The van der Waals surface area contributed by atoms with Crippen molar-refractivity contribution >= 4 is 30.9 Å². The highest BCUT2D eigenvalue weighted by Crippen LogP contribution is 2.52. The van der Waals surface area contributed by atoms with Crippen molar-refractivity contribution < 1.29 is 28.7 Å². The molecule has 0 bridgehead atoms. The fraction of sp³-hybridized carbons (Fsp3) is 0.308. The number of benzene rings is 2. The minimum Gasteiger partial charge on any atom is -0.466 e. The third kappa shape index (κ3) is 5.63. The van der Waals surface area contributed by atoms with Gasteiger partial charge in [-0.25, -0.2) is 9.59 Å². The second-order valence-electron chi connectivity index (χ2n) is 8.04. The number of carbonyl (C=O) groups is 4. The van der Waals surface area contributed by atoms with Crippen molar-refractivity contribution in [3.8, 4) is 0 Å². The van der Waals surface area contributed by atoms with Gasteiger partial charge in [-0.15, -0.1) is 0 Å². The van der Waals surface area contributed by atoms with Crippen molar-refractivity contribution in [3.05, 3.63) is 80.2 Å². The van der Waals surface area contributed by atoms with Crippen LogP contribution in [0.1, 0.15) is 54.1 Å². The summed E-state index contributed by atoms with van der Waals surface area (Å²) in [6, 6.07) is 7.40. The number of methoxy groups -OCH3 is 2.